The van der Waals surface area contributed by atoms with E-state index in [2.05, 4.69) is 32.9 Å². The Morgan fingerprint density at radius 2 is 2.33 bits per heavy atom. The summed E-state index contributed by atoms with van der Waals surface area (Å²) in [6, 6.07) is -0.376. The molecule has 2 aliphatic rings. The molecule has 0 amide bonds. The maximum Gasteiger partial charge on any atom is 0.320 e. The molecule has 4 atom stereocenters. The number of tetrazole rings is 1. The highest BCUT2D eigenvalue weighted by atomic mass is 16.4. The van der Waals surface area contributed by atoms with Gasteiger partial charge in [-0.2, -0.15) is 5.21 Å². The highest BCUT2D eigenvalue weighted by molar-refractivity contribution is 5.73. The fraction of sp³-hybridized carbons (Fsp3) is 0.857. The van der Waals surface area contributed by atoms with Crippen molar-refractivity contribution < 1.29 is 9.90 Å². The Morgan fingerprint density at radius 3 is 3.05 bits per heavy atom. The molecule has 21 heavy (non-hydrogen) atoms. The van der Waals surface area contributed by atoms with E-state index in [0.717, 1.165) is 38.1 Å². The standard InChI is InChI=1S/C14H23N5O2/c1-14-5-4-9(2-3-12-16-18-19-17-12)6-10(14)7-11(13(20)21)15-8-14/h9-11,15H,2-8H2,1H3,(H,20,21)(H,16,17,18,19)/t9-,10+,11-,14-/m0/s1. The van der Waals surface area contributed by atoms with Gasteiger partial charge in [-0.1, -0.05) is 12.1 Å². The van der Waals surface area contributed by atoms with Crippen LogP contribution in [0.3, 0.4) is 0 Å². The second-order valence-corrected chi connectivity index (χ2v) is 6.87. The van der Waals surface area contributed by atoms with Crippen LogP contribution in [-0.4, -0.2) is 44.3 Å². The molecule has 3 N–H and O–H groups in total. The minimum absolute atomic E-state index is 0.259. The van der Waals surface area contributed by atoms with E-state index in [1.807, 2.05) is 0 Å². The van der Waals surface area contributed by atoms with Gasteiger partial charge >= 0.3 is 5.97 Å². The summed E-state index contributed by atoms with van der Waals surface area (Å²) in [6.07, 6.45) is 6.19. The van der Waals surface area contributed by atoms with Gasteiger partial charge < -0.3 is 10.4 Å². The summed E-state index contributed by atoms with van der Waals surface area (Å²) >= 11 is 0. The lowest BCUT2D eigenvalue weighted by molar-refractivity contribution is -0.142. The molecule has 2 heterocycles. The van der Waals surface area contributed by atoms with Gasteiger partial charge in [-0.25, -0.2) is 0 Å². The van der Waals surface area contributed by atoms with Gasteiger partial charge in [0, 0.05) is 13.0 Å². The fourth-order valence-corrected chi connectivity index (χ4v) is 3.95. The molecule has 1 aliphatic carbocycles. The monoisotopic (exact) mass is 293 g/mol. The van der Waals surface area contributed by atoms with Crippen LogP contribution in [0.4, 0.5) is 0 Å². The predicted octanol–water partition coefficient (Wildman–Crippen LogP) is 1.00. The molecule has 7 nitrogen and oxygen atoms in total. The van der Waals surface area contributed by atoms with Crippen LogP contribution in [-0.2, 0) is 11.2 Å². The van der Waals surface area contributed by atoms with Crippen LogP contribution >= 0.6 is 0 Å². The molecule has 0 aromatic carbocycles. The summed E-state index contributed by atoms with van der Waals surface area (Å²) in [7, 11) is 0. The molecule has 1 aromatic heterocycles. The average Bonchev–Trinajstić information content (AvgIpc) is 2.97. The maximum atomic E-state index is 11.2. The lowest BCUT2D eigenvalue weighted by Gasteiger charge is -2.49. The van der Waals surface area contributed by atoms with E-state index in [1.165, 1.54) is 12.8 Å². The first-order valence-corrected chi connectivity index (χ1v) is 7.75. The van der Waals surface area contributed by atoms with Crippen molar-refractivity contribution in [2.45, 2.75) is 51.5 Å². The summed E-state index contributed by atoms with van der Waals surface area (Å²) in [4.78, 5) is 11.2. The molecular weight excluding hydrogens is 270 g/mol. The van der Waals surface area contributed by atoms with Crippen LogP contribution in [0.5, 0.6) is 0 Å². The molecule has 2 fully saturated rings. The van der Waals surface area contributed by atoms with E-state index in [4.69, 9.17) is 0 Å². The van der Waals surface area contributed by atoms with E-state index >= 15 is 0 Å². The molecule has 116 valence electrons. The fourth-order valence-electron chi connectivity index (χ4n) is 3.95. The Kier molecular flexibility index (Phi) is 3.93. The third kappa shape index (κ3) is 3.07. The number of H-pyrrole nitrogens is 1. The van der Waals surface area contributed by atoms with Crippen molar-refractivity contribution in [3.05, 3.63) is 5.82 Å². The summed E-state index contributed by atoms with van der Waals surface area (Å²) in [5, 5.41) is 26.5. The van der Waals surface area contributed by atoms with Gasteiger partial charge in [0.05, 0.1) is 0 Å². The average molecular weight is 293 g/mol. The third-order valence-corrected chi connectivity index (χ3v) is 5.46. The minimum atomic E-state index is -0.717. The number of carboxylic acids is 1. The quantitative estimate of drug-likeness (QED) is 0.765. The Balaban J connectivity index is 1.58. The summed E-state index contributed by atoms with van der Waals surface area (Å²) in [5.41, 5.74) is 0.259. The Labute approximate surface area is 123 Å². The van der Waals surface area contributed by atoms with Gasteiger partial charge in [0.25, 0.3) is 0 Å². The van der Waals surface area contributed by atoms with Crippen LogP contribution in [0.25, 0.3) is 0 Å². The highest BCUT2D eigenvalue weighted by Gasteiger charge is 2.45. The molecule has 1 aromatic rings. The van der Waals surface area contributed by atoms with E-state index in [9.17, 15) is 9.90 Å². The van der Waals surface area contributed by atoms with Gasteiger partial charge in [-0.05, 0) is 49.4 Å². The van der Waals surface area contributed by atoms with Gasteiger partial charge in [0.2, 0.25) is 0 Å². The number of aromatic nitrogens is 4. The highest BCUT2D eigenvalue weighted by Crippen LogP contribution is 2.48. The zero-order valence-electron chi connectivity index (χ0n) is 12.4. The van der Waals surface area contributed by atoms with Crippen molar-refractivity contribution in [1.29, 1.82) is 0 Å². The largest absolute Gasteiger partial charge is 0.480 e. The maximum absolute atomic E-state index is 11.2. The van der Waals surface area contributed by atoms with E-state index in [-0.39, 0.29) is 11.5 Å². The number of piperidine rings is 1. The van der Waals surface area contributed by atoms with Gasteiger partial charge in [0.15, 0.2) is 5.82 Å². The molecule has 0 radical (unpaired) electrons. The molecule has 1 saturated heterocycles. The number of rotatable bonds is 4. The molecule has 0 unspecified atom stereocenters. The Bertz CT molecular complexity index is 492. The lowest BCUT2D eigenvalue weighted by atomic mass is 9.60. The number of aryl methyl sites for hydroxylation is 1. The Hall–Kier alpha value is -1.50. The number of aliphatic carboxylic acids is 1. The smallest absolute Gasteiger partial charge is 0.320 e. The molecule has 7 heteroatoms. The summed E-state index contributed by atoms with van der Waals surface area (Å²) in [6.45, 7) is 3.13. The zero-order chi connectivity index (χ0) is 14.9. The van der Waals surface area contributed by atoms with Crippen LogP contribution < -0.4 is 5.32 Å². The van der Waals surface area contributed by atoms with E-state index in [1.54, 1.807) is 0 Å². The van der Waals surface area contributed by atoms with E-state index < -0.39 is 5.97 Å². The Morgan fingerprint density at radius 1 is 1.48 bits per heavy atom. The number of fused-ring (bicyclic) bond motifs is 1. The van der Waals surface area contributed by atoms with Crippen molar-refractivity contribution in [3.8, 4) is 0 Å². The summed E-state index contributed by atoms with van der Waals surface area (Å²) in [5.74, 6) is 1.21. The predicted molar refractivity (Wildman–Crippen MR) is 75.5 cm³/mol. The van der Waals surface area contributed by atoms with Gasteiger partial charge in [0.1, 0.15) is 6.04 Å². The second-order valence-electron chi connectivity index (χ2n) is 6.87. The number of hydrogen-bond donors (Lipinski definition) is 3. The van der Waals surface area contributed by atoms with Crippen molar-refractivity contribution >= 4 is 5.97 Å². The minimum Gasteiger partial charge on any atom is -0.480 e. The molecule has 1 aliphatic heterocycles. The molecule has 0 bridgehead atoms. The molecule has 0 spiro atoms. The number of aromatic amines is 1. The molecular formula is C14H23N5O2. The van der Waals surface area contributed by atoms with Crippen LogP contribution in [0, 0.1) is 17.3 Å². The number of nitrogens with zero attached hydrogens (tertiary/aromatic N) is 3. The van der Waals surface area contributed by atoms with Crippen molar-refractivity contribution in [1.82, 2.24) is 25.9 Å². The van der Waals surface area contributed by atoms with Crippen LogP contribution in [0.2, 0.25) is 0 Å². The second kappa shape index (κ2) is 5.71. The summed E-state index contributed by atoms with van der Waals surface area (Å²) < 4.78 is 0. The SMILES string of the molecule is C[C@@]12CC[C@H](CCc3nn[nH]n3)C[C@@H]1C[C@@H](C(=O)O)NC2. The van der Waals surface area contributed by atoms with Crippen molar-refractivity contribution in [3.63, 3.8) is 0 Å². The number of hydrogen-bond acceptors (Lipinski definition) is 5. The first kappa shape index (κ1) is 14.4. The van der Waals surface area contributed by atoms with Crippen LogP contribution in [0.15, 0.2) is 0 Å². The van der Waals surface area contributed by atoms with Crippen LogP contribution in [0.1, 0.15) is 44.9 Å². The van der Waals surface area contributed by atoms with Gasteiger partial charge in [-0.15, -0.1) is 10.2 Å². The lowest BCUT2D eigenvalue weighted by Crippen LogP contribution is -2.54. The number of nitrogens with one attached hydrogen (secondary N) is 2. The molecule has 3 rings (SSSR count). The first-order valence-electron chi connectivity index (χ1n) is 7.75. The zero-order valence-corrected chi connectivity index (χ0v) is 12.4. The number of carboxylic acid groups (broad SMARTS) is 1. The number of carbonyl (C=O) groups is 1. The van der Waals surface area contributed by atoms with Crippen molar-refractivity contribution in [2.75, 3.05) is 6.54 Å². The van der Waals surface area contributed by atoms with E-state index in [0.29, 0.717) is 11.8 Å². The first-order chi connectivity index (χ1) is 10.1. The van der Waals surface area contributed by atoms with Gasteiger partial charge in [-0.3, -0.25) is 4.79 Å². The topological polar surface area (TPSA) is 104 Å². The normalized spacial score (nSPS) is 36.1. The van der Waals surface area contributed by atoms with Crippen molar-refractivity contribution in [2.24, 2.45) is 17.3 Å². The third-order valence-electron chi connectivity index (χ3n) is 5.46. The molecule has 1 saturated carbocycles.